The number of hydrogen-bond donors (Lipinski definition) is 4. The summed E-state index contributed by atoms with van der Waals surface area (Å²) in [6.45, 7) is 9.61. The molecule has 4 aliphatic rings. The monoisotopic (exact) mass is 1010 g/mol. The van der Waals surface area contributed by atoms with Crippen LogP contribution in [-0.2, 0) is 17.6 Å². The van der Waals surface area contributed by atoms with Crippen LogP contribution in [0.15, 0.2) is 113 Å². The topological polar surface area (TPSA) is 137 Å². The van der Waals surface area contributed by atoms with Crippen molar-refractivity contribution in [1.82, 2.24) is 15.3 Å². The molecule has 2 spiro atoms. The van der Waals surface area contributed by atoms with Gasteiger partial charge in [-0.05, 0) is 115 Å². The van der Waals surface area contributed by atoms with Gasteiger partial charge in [0.15, 0.2) is 10.3 Å². The highest BCUT2D eigenvalue weighted by atomic mass is 79.9. The highest BCUT2D eigenvalue weighted by molar-refractivity contribution is 9.11. The van der Waals surface area contributed by atoms with Crippen LogP contribution in [0.3, 0.4) is 0 Å². The molecule has 0 unspecified atom stereocenters. The van der Waals surface area contributed by atoms with Gasteiger partial charge in [0.25, 0.3) is 0 Å². The van der Waals surface area contributed by atoms with Crippen molar-refractivity contribution in [3.05, 3.63) is 146 Å². The van der Waals surface area contributed by atoms with E-state index < -0.39 is 12.7 Å². The summed E-state index contributed by atoms with van der Waals surface area (Å²) in [5.41, 5.74) is 13.2. The van der Waals surface area contributed by atoms with Gasteiger partial charge in [-0.15, -0.1) is 0 Å². The van der Waals surface area contributed by atoms with Crippen LogP contribution >= 0.6 is 61.8 Å². The molecule has 2 saturated heterocycles. The van der Waals surface area contributed by atoms with Crippen molar-refractivity contribution >= 4 is 90.7 Å². The fourth-order valence-electron chi connectivity index (χ4n) is 9.78. The number of nitrogens with one attached hydrogen (secondary N) is 1. The van der Waals surface area contributed by atoms with Crippen molar-refractivity contribution in [2.75, 3.05) is 36.0 Å². The number of halogens is 3. The molecule has 2 aromatic heterocycles. The molecule has 10 rings (SSSR count). The molecule has 65 heavy (non-hydrogen) atoms. The van der Waals surface area contributed by atoms with E-state index in [1.807, 2.05) is 51.4 Å². The van der Waals surface area contributed by atoms with Crippen LogP contribution < -0.4 is 26.3 Å². The summed E-state index contributed by atoms with van der Waals surface area (Å²) in [6, 6.07) is 31.9. The van der Waals surface area contributed by atoms with Gasteiger partial charge in [-0.2, -0.15) is 0 Å². The van der Waals surface area contributed by atoms with Crippen molar-refractivity contribution in [2.45, 2.75) is 77.0 Å². The molecule has 2 atom stereocenters. The number of piperidine rings is 2. The molecule has 4 aromatic carbocycles. The van der Waals surface area contributed by atoms with Gasteiger partial charge < -0.3 is 35.6 Å². The third kappa shape index (κ3) is 10.8. The summed E-state index contributed by atoms with van der Waals surface area (Å²) in [5, 5.41) is 23.9. The number of fused-ring (bicyclic) bond motifs is 2. The first-order valence-corrected chi connectivity index (χ1v) is 25.2. The van der Waals surface area contributed by atoms with E-state index in [9.17, 15) is 4.79 Å². The maximum absolute atomic E-state index is 12.6. The Kier molecular flexibility index (Phi) is 14.7. The Balaban J connectivity index is 0.000000147. The molecule has 1 amide bonds. The number of nitrogens with zero attached hydrogens (tertiary/aromatic N) is 4. The lowest BCUT2D eigenvalue weighted by Gasteiger charge is -2.43. The molecule has 5 N–H and O–H groups in total. The summed E-state index contributed by atoms with van der Waals surface area (Å²) in [5.74, 6) is 0. The Morgan fingerprint density at radius 3 is 1.86 bits per heavy atom. The van der Waals surface area contributed by atoms with Crippen LogP contribution in [0.25, 0.3) is 10.4 Å². The van der Waals surface area contributed by atoms with E-state index in [0.29, 0.717) is 10.5 Å². The standard InChI is InChI=1S/C22H22ClN3S.C21H26BrN3O2S.C6H6BClO2/c23-18-8-4-3-7-17(18)19-14-25-21(27-19)26-11-9-22(10-12-26)13-15-5-1-2-6-16(15)20(22)24;1-20(2,3)27-19(26)24-17-15-7-5-4-6-14(15)12-21(17)8-10-25(11-9-21)18-23-13-16(22)28-18;8-6-4-2-1-3-5(6)7(9)10/h1-8,14,20H,9-13,24H2;4-7,13,17H,8-12H2,1-3H3,(H,24,26);1-4,9-10H/t20-;17-;/m11./s1. The largest absolute Gasteiger partial charge is 0.489 e. The number of anilines is 2. The predicted octanol–water partition coefficient (Wildman–Crippen LogP) is 10.6. The maximum Gasteiger partial charge on any atom is 0.489 e. The smallest absolute Gasteiger partial charge is 0.444 e. The van der Waals surface area contributed by atoms with Crippen LogP contribution in [0.5, 0.6) is 0 Å². The highest BCUT2D eigenvalue weighted by Gasteiger charge is 2.49. The molecule has 4 heterocycles. The summed E-state index contributed by atoms with van der Waals surface area (Å²) in [4.78, 5) is 27.7. The van der Waals surface area contributed by atoms with Gasteiger partial charge in [0.2, 0.25) is 0 Å². The zero-order valence-electron chi connectivity index (χ0n) is 36.7. The van der Waals surface area contributed by atoms with Crippen molar-refractivity contribution < 1.29 is 19.6 Å². The minimum Gasteiger partial charge on any atom is -0.444 e. The van der Waals surface area contributed by atoms with Gasteiger partial charge in [-0.25, -0.2) is 14.8 Å². The van der Waals surface area contributed by atoms with Crippen LogP contribution in [0.2, 0.25) is 10.0 Å². The zero-order chi connectivity index (χ0) is 45.9. The van der Waals surface area contributed by atoms with E-state index in [-0.39, 0.29) is 29.0 Å². The summed E-state index contributed by atoms with van der Waals surface area (Å²) in [7, 11) is -1.48. The fraction of sp³-hybridized carbons (Fsp3) is 0.367. The maximum atomic E-state index is 12.6. The molecule has 0 bridgehead atoms. The minimum atomic E-state index is -1.48. The Labute approximate surface area is 408 Å². The summed E-state index contributed by atoms with van der Waals surface area (Å²) >= 11 is 18.9. The molecule has 2 aliphatic heterocycles. The van der Waals surface area contributed by atoms with Crippen molar-refractivity contribution in [3.63, 3.8) is 0 Å². The predicted molar refractivity (Wildman–Crippen MR) is 271 cm³/mol. The first-order chi connectivity index (χ1) is 31.1. The Bertz CT molecular complexity index is 2590. The van der Waals surface area contributed by atoms with Crippen molar-refractivity contribution in [3.8, 4) is 10.4 Å². The molecule has 340 valence electrons. The number of thiazole rings is 2. The number of amides is 1. The molecule has 10 nitrogen and oxygen atoms in total. The Morgan fingerprint density at radius 1 is 0.769 bits per heavy atom. The number of carbonyl (C=O) groups excluding carboxylic acids is 1. The molecule has 6 aromatic rings. The second kappa shape index (κ2) is 20.1. The Hall–Kier alpha value is -3.99. The molecular formula is C49H54BBrCl2N6O4S2. The van der Waals surface area contributed by atoms with Gasteiger partial charge in [0.1, 0.15) is 5.60 Å². The molecule has 2 fully saturated rings. The molecular weight excluding hydrogens is 962 g/mol. The van der Waals surface area contributed by atoms with Gasteiger partial charge in [0, 0.05) is 64.9 Å². The highest BCUT2D eigenvalue weighted by Crippen LogP contribution is 2.53. The number of nitrogens with two attached hydrogens (primary N) is 1. The molecule has 0 saturated carbocycles. The number of carbonyl (C=O) groups is 1. The lowest BCUT2D eigenvalue weighted by Crippen LogP contribution is -2.47. The lowest BCUT2D eigenvalue weighted by atomic mass is 9.73. The number of ether oxygens (including phenoxy) is 1. The van der Waals surface area contributed by atoms with Crippen LogP contribution in [-0.4, -0.2) is 65.0 Å². The Morgan fingerprint density at radius 2 is 1.29 bits per heavy atom. The van der Waals surface area contributed by atoms with E-state index in [1.165, 1.54) is 22.3 Å². The van der Waals surface area contributed by atoms with E-state index in [4.69, 9.17) is 43.7 Å². The SMILES string of the molecule is CC(C)(C)OC(=O)N[C@@H]1c2ccccc2CC12CCN(c1ncc(Br)s1)CC2.N[C@@H]1c2ccccc2CC12CCN(c1ncc(-c3ccccc3Cl)s1)CC2.OB(O)c1ccccc1Cl. The number of rotatable bonds is 5. The average molecular weight is 1020 g/mol. The second-order valence-corrected chi connectivity index (χ2v) is 22.5. The van der Waals surface area contributed by atoms with Crippen LogP contribution in [0, 0.1) is 10.8 Å². The van der Waals surface area contributed by atoms with E-state index in [1.54, 1.807) is 46.9 Å². The third-order valence-electron chi connectivity index (χ3n) is 13.1. The van der Waals surface area contributed by atoms with Gasteiger partial charge in [0.05, 0.1) is 20.9 Å². The summed E-state index contributed by atoms with van der Waals surface area (Å²) < 4.78 is 6.62. The normalized spacial score (nSPS) is 19.1. The zero-order valence-corrected chi connectivity index (χ0v) is 41.5. The minimum absolute atomic E-state index is 0.0104. The van der Waals surface area contributed by atoms with Gasteiger partial charge >= 0.3 is 13.2 Å². The fourth-order valence-corrected chi connectivity index (χ4v) is 12.5. The van der Waals surface area contributed by atoms with E-state index in [2.05, 4.69) is 95.6 Å². The first-order valence-electron chi connectivity index (χ1n) is 22.0. The van der Waals surface area contributed by atoms with E-state index in [0.717, 1.165) is 94.2 Å². The summed E-state index contributed by atoms with van der Waals surface area (Å²) in [6.07, 6.45) is 9.84. The molecule has 0 radical (unpaired) electrons. The number of benzene rings is 4. The van der Waals surface area contributed by atoms with Crippen LogP contribution in [0.4, 0.5) is 15.1 Å². The van der Waals surface area contributed by atoms with Gasteiger partial charge in [-0.1, -0.05) is 131 Å². The molecule has 16 heteroatoms. The third-order valence-corrected chi connectivity index (χ3v) is 16.4. The first kappa shape index (κ1) is 47.5. The number of hydrogen-bond acceptors (Lipinski definition) is 11. The van der Waals surface area contributed by atoms with Crippen molar-refractivity contribution in [1.29, 1.82) is 0 Å². The van der Waals surface area contributed by atoms with Gasteiger partial charge in [-0.3, -0.25) is 0 Å². The average Bonchev–Trinajstić information content (AvgIpc) is 4.07. The van der Waals surface area contributed by atoms with Crippen molar-refractivity contribution in [2.24, 2.45) is 16.6 Å². The number of aromatic nitrogens is 2. The quantitative estimate of drug-likeness (QED) is 0.124. The lowest BCUT2D eigenvalue weighted by molar-refractivity contribution is 0.0428. The second-order valence-electron chi connectivity index (χ2n) is 18.3. The molecule has 2 aliphatic carbocycles. The number of alkyl carbamates (subject to hydrolysis) is 1. The van der Waals surface area contributed by atoms with Crippen LogP contribution in [0.1, 0.15) is 80.8 Å². The van der Waals surface area contributed by atoms with E-state index >= 15 is 0 Å².